The first-order valence-corrected chi connectivity index (χ1v) is 6.66. The van der Waals surface area contributed by atoms with Crippen LogP contribution in [-0.2, 0) is 6.54 Å². The minimum absolute atomic E-state index is 0.123. The third-order valence-corrected chi connectivity index (χ3v) is 3.03. The van der Waals surface area contributed by atoms with E-state index in [4.69, 9.17) is 5.11 Å². The second-order valence-electron chi connectivity index (χ2n) is 4.43. The number of benzene rings is 1. The zero-order valence-electron chi connectivity index (χ0n) is 10.9. The number of unbranched alkanes of at least 4 members (excludes halogenated alkanes) is 2. The lowest BCUT2D eigenvalue weighted by atomic mass is 10.2. The van der Waals surface area contributed by atoms with Crippen molar-refractivity contribution in [3.63, 3.8) is 0 Å². The van der Waals surface area contributed by atoms with Crippen LogP contribution in [0.2, 0.25) is 0 Å². The molecule has 0 saturated heterocycles. The number of aliphatic hydroxyl groups is 1. The predicted octanol–water partition coefficient (Wildman–Crippen LogP) is 2.63. The van der Waals surface area contributed by atoms with Crippen LogP contribution in [0.15, 0.2) is 24.3 Å². The van der Waals surface area contributed by atoms with E-state index >= 15 is 0 Å². The molecule has 18 heavy (non-hydrogen) atoms. The normalized spacial score (nSPS) is 11.0. The largest absolute Gasteiger partial charge is 0.395 e. The van der Waals surface area contributed by atoms with E-state index in [2.05, 4.69) is 27.9 Å². The number of aromatic nitrogens is 2. The van der Waals surface area contributed by atoms with Crippen LogP contribution < -0.4 is 5.32 Å². The van der Waals surface area contributed by atoms with Crippen molar-refractivity contribution in [2.24, 2.45) is 0 Å². The molecule has 1 heterocycles. The van der Waals surface area contributed by atoms with Crippen molar-refractivity contribution in [3.8, 4) is 0 Å². The van der Waals surface area contributed by atoms with E-state index in [-0.39, 0.29) is 6.61 Å². The van der Waals surface area contributed by atoms with Gasteiger partial charge in [-0.1, -0.05) is 31.9 Å². The number of fused-ring (bicyclic) bond motifs is 1. The van der Waals surface area contributed by atoms with E-state index in [1.54, 1.807) is 0 Å². The molecule has 0 saturated carbocycles. The van der Waals surface area contributed by atoms with E-state index in [0.717, 1.165) is 29.9 Å². The maximum absolute atomic E-state index is 8.91. The van der Waals surface area contributed by atoms with Gasteiger partial charge in [-0.05, 0) is 18.6 Å². The molecule has 0 fully saturated rings. The number of aryl methyl sites for hydroxylation is 1. The molecule has 0 unspecified atom stereocenters. The van der Waals surface area contributed by atoms with E-state index in [1.807, 2.05) is 18.2 Å². The molecule has 0 bridgehead atoms. The SMILES string of the molecule is CCCCCn1c(NCCO)nc2ccccc21. The smallest absolute Gasteiger partial charge is 0.203 e. The molecule has 0 aliphatic rings. The highest BCUT2D eigenvalue weighted by atomic mass is 16.3. The summed E-state index contributed by atoms with van der Waals surface area (Å²) >= 11 is 0. The zero-order chi connectivity index (χ0) is 12.8. The lowest BCUT2D eigenvalue weighted by molar-refractivity contribution is 0.310. The molecule has 0 spiro atoms. The molecule has 0 amide bonds. The van der Waals surface area contributed by atoms with Crippen molar-refractivity contribution in [1.82, 2.24) is 9.55 Å². The number of para-hydroxylation sites is 2. The molecule has 0 radical (unpaired) electrons. The molecular weight excluding hydrogens is 226 g/mol. The van der Waals surface area contributed by atoms with E-state index in [1.165, 1.54) is 12.8 Å². The highest BCUT2D eigenvalue weighted by Gasteiger charge is 2.08. The fourth-order valence-electron chi connectivity index (χ4n) is 2.12. The highest BCUT2D eigenvalue weighted by Crippen LogP contribution is 2.20. The topological polar surface area (TPSA) is 50.1 Å². The molecule has 1 aromatic carbocycles. The van der Waals surface area contributed by atoms with Gasteiger partial charge in [-0.15, -0.1) is 0 Å². The first-order chi connectivity index (χ1) is 8.86. The molecule has 0 atom stereocenters. The summed E-state index contributed by atoms with van der Waals surface area (Å²) in [4.78, 5) is 4.57. The molecule has 98 valence electrons. The summed E-state index contributed by atoms with van der Waals surface area (Å²) in [5, 5.41) is 12.1. The average molecular weight is 247 g/mol. The second kappa shape index (κ2) is 6.40. The minimum atomic E-state index is 0.123. The van der Waals surface area contributed by atoms with Crippen LogP contribution in [0, 0.1) is 0 Å². The second-order valence-corrected chi connectivity index (χ2v) is 4.43. The Hall–Kier alpha value is -1.55. The third kappa shape index (κ3) is 2.82. The van der Waals surface area contributed by atoms with Gasteiger partial charge in [0, 0.05) is 13.1 Å². The lowest BCUT2D eigenvalue weighted by Crippen LogP contribution is -2.11. The van der Waals surface area contributed by atoms with E-state index < -0.39 is 0 Å². The number of nitrogens with one attached hydrogen (secondary N) is 1. The zero-order valence-corrected chi connectivity index (χ0v) is 10.9. The van der Waals surface area contributed by atoms with Gasteiger partial charge in [0.1, 0.15) is 0 Å². The number of anilines is 1. The molecule has 4 heteroatoms. The maximum Gasteiger partial charge on any atom is 0.203 e. The average Bonchev–Trinajstić information content (AvgIpc) is 2.75. The van der Waals surface area contributed by atoms with Gasteiger partial charge in [-0.3, -0.25) is 0 Å². The Kier molecular flexibility index (Phi) is 4.59. The van der Waals surface area contributed by atoms with Crippen LogP contribution in [0.25, 0.3) is 11.0 Å². The van der Waals surface area contributed by atoms with Crippen LogP contribution in [0.1, 0.15) is 26.2 Å². The molecular formula is C14H21N3O. The predicted molar refractivity (Wildman–Crippen MR) is 74.8 cm³/mol. The Balaban J connectivity index is 2.25. The fourth-order valence-corrected chi connectivity index (χ4v) is 2.12. The Morgan fingerprint density at radius 3 is 2.89 bits per heavy atom. The first-order valence-electron chi connectivity index (χ1n) is 6.66. The van der Waals surface area contributed by atoms with Crippen molar-refractivity contribution in [2.75, 3.05) is 18.5 Å². The molecule has 2 rings (SSSR count). The Morgan fingerprint density at radius 2 is 2.11 bits per heavy atom. The third-order valence-electron chi connectivity index (χ3n) is 3.03. The number of hydrogen-bond acceptors (Lipinski definition) is 3. The van der Waals surface area contributed by atoms with Gasteiger partial charge in [-0.2, -0.15) is 0 Å². The van der Waals surface area contributed by atoms with Crippen molar-refractivity contribution in [1.29, 1.82) is 0 Å². The Morgan fingerprint density at radius 1 is 1.28 bits per heavy atom. The van der Waals surface area contributed by atoms with Gasteiger partial charge >= 0.3 is 0 Å². The van der Waals surface area contributed by atoms with Crippen LogP contribution in [0.4, 0.5) is 5.95 Å². The highest BCUT2D eigenvalue weighted by molar-refractivity contribution is 5.78. The molecule has 0 aliphatic carbocycles. The van der Waals surface area contributed by atoms with Crippen molar-refractivity contribution in [3.05, 3.63) is 24.3 Å². The molecule has 1 aromatic heterocycles. The van der Waals surface area contributed by atoms with Gasteiger partial charge in [0.25, 0.3) is 0 Å². The van der Waals surface area contributed by atoms with Crippen LogP contribution in [0.5, 0.6) is 0 Å². The van der Waals surface area contributed by atoms with Gasteiger partial charge in [0.15, 0.2) is 0 Å². The summed E-state index contributed by atoms with van der Waals surface area (Å²) in [5.41, 5.74) is 2.17. The number of hydrogen-bond donors (Lipinski definition) is 2. The molecule has 2 N–H and O–H groups in total. The number of aliphatic hydroxyl groups excluding tert-OH is 1. The minimum Gasteiger partial charge on any atom is -0.395 e. The standard InChI is InChI=1S/C14H21N3O/c1-2-3-6-10-17-13-8-5-4-7-12(13)16-14(17)15-9-11-18/h4-5,7-8,18H,2-3,6,9-11H2,1H3,(H,15,16). The molecule has 2 aromatic rings. The summed E-state index contributed by atoms with van der Waals surface area (Å²) in [7, 11) is 0. The summed E-state index contributed by atoms with van der Waals surface area (Å²) in [6, 6.07) is 8.16. The number of nitrogens with zero attached hydrogens (tertiary/aromatic N) is 2. The number of rotatable bonds is 7. The van der Waals surface area contributed by atoms with Gasteiger partial charge in [0.05, 0.1) is 17.6 Å². The van der Waals surface area contributed by atoms with Crippen LogP contribution in [-0.4, -0.2) is 27.8 Å². The summed E-state index contributed by atoms with van der Waals surface area (Å²) < 4.78 is 2.21. The van der Waals surface area contributed by atoms with Gasteiger partial charge in [-0.25, -0.2) is 4.98 Å². The monoisotopic (exact) mass is 247 g/mol. The summed E-state index contributed by atoms with van der Waals surface area (Å²) in [6.45, 7) is 3.84. The van der Waals surface area contributed by atoms with Crippen LogP contribution in [0.3, 0.4) is 0 Å². The van der Waals surface area contributed by atoms with E-state index in [9.17, 15) is 0 Å². The number of imidazole rings is 1. The summed E-state index contributed by atoms with van der Waals surface area (Å²) in [6.07, 6.45) is 3.60. The lowest BCUT2D eigenvalue weighted by Gasteiger charge is -2.09. The quantitative estimate of drug-likeness (QED) is 0.739. The Labute approximate surface area is 108 Å². The maximum atomic E-state index is 8.91. The van der Waals surface area contributed by atoms with Crippen LogP contribution >= 0.6 is 0 Å². The first kappa shape index (κ1) is 12.9. The van der Waals surface area contributed by atoms with Gasteiger partial charge < -0.3 is 15.0 Å². The van der Waals surface area contributed by atoms with Crippen molar-refractivity contribution >= 4 is 17.0 Å². The van der Waals surface area contributed by atoms with Gasteiger partial charge in [0.2, 0.25) is 5.95 Å². The molecule has 0 aliphatic heterocycles. The Bertz CT molecular complexity index is 493. The van der Waals surface area contributed by atoms with E-state index in [0.29, 0.717) is 6.54 Å². The van der Waals surface area contributed by atoms with Crippen molar-refractivity contribution < 1.29 is 5.11 Å². The summed E-state index contributed by atoms with van der Waals surface area (Å²) in [5.74, 6) is 0.862. The fraction of sp³-hybridized carbons (Fsp3) is 0.500. The van der Waals surface area contributed by atoms with Crippen molar-refractivity contribution in [2.45, 2.75) is 32.7 Å². The molecule has 4 nitrogen and oxygen atoms in total.